The second-order valence-electron chi connectivity index (χ2n) is 11.0. The number of benzene rings is 1. The molecule has 0 spiro atoms. The molecule has 0 fully saturated rings. The van der Waals surface area contributed by atoms with Crippen LogP contribution >= 0.6 is 8.25 Å². The van der Waals surface area contributed by atoms with Gasteiger partial charge in [-0.15, -0.1) is 4.52 Å². The summed E-state index contributed by atoms with van der Waals surface area (Å²) in [6, 6.07) is 3.10. The fourth-order valence-electron chi connectivity index (χ4n) is 5.15. The van der Waals surface area contributed by atoms with Gasteiger partial charge in [-0.1, -0.05) is 6.42 Å². The molecule has 1 aliphatic rings. The predicted octanol–water partition coefficient (Wildman–Crippen LogP) is 3.00. The first-order valence-electron chi connectivity index (χ1n) is 14.8. The van der Waals surface area contributed by atoms with Gasteiger partial charge in [0.1, 0.15) is 18.5 Å². The van der Waals surface area contributed by atoms with Crippen molar-refractivity contribution >= 4 is 49.2 Å². The molecule has 0 saturated carbocycles. The topological polar surface area (TPSA) is 222 Å². The number of fused-ring (bicyclic) bond motifs is 1. The highest BCUT2D eigenvalue weighted by atomic mass is 31.1. The van der Waals surface area contributed by atoms with Gasteiger partial charge in [0, 0.05) is 59.1 Å². The number of nitrogens with one attached hydrogen (secondary N) is 4. The molecule has 1 aromatic carbocycles. The molecule has 16 heteroatoms. The molecule has 46 heavy (non-hydrogen) atoms. The molecule has 3 rings (SSSR count). The van der Waals surface area contributed by atoms with Crippen LogP contribution in [0.3, 0.4) is 0 Å². The number of anilines is 1. The molecule has 1 aromatic heterocycles. The number of aryl methyl sites for hydroxylation is 1. The largest absolute Gasteiger partial charge is 0.728 e. The number of H-pyrrole nitrogens is 1. The maximum atomic E-state index is 13.8. The van der Waals surface area contributed by atoms with Crippen LogP contribution in [0, 0.1) is 25.6 Å². The second kappa shape index (κ2) is 17.6. The third-order valence-corrected chi connectivity index (χ3v) is 8.19. The molecule has 1 aliphatic heterocycles. The number of amides is 4. The zero-order chi connectivity index (χ0) is 33.8. The van der Waals surface area contributed by atoms with Gasteiger partial charge in [-0.25, -0.2) is 9.65 Å². The van der Waals surface area contributed by atoms with Gasteiger partial charge in [0.15, 0.2) is 0 Å². The lowest BCUT2D eigenvalue weighted by Crippen LogP contribution is -2.47. The van der Waals surface area contributed by atoms with Crippen molar-refractivity contribution in [1.29, 1.82) is 0 Å². The van der Waals surface area contributed by atoms with Gasteiger partial charge in [-0.3, -0.25) is 19.2 Å². The Hall–Kier alpha value is -4.01. The van der Waals surface area contributed by atoms with Crippen molar-refractivity contribution in [3.8, 4) is 0 Å². The summed E-state index contributed by atoms with van der Waals surface area (Å²) in [5.41, 5.74) is 9.71. The van der Waals surface area contributed by atoms with Gasteiger partial charge >= 0.3 is 8.25 Å². The van der Waals surface area contributed by atoms with E-state index in [-0.39, 0.29) is 50.8 Å². The lowest BCUT2D eigenvalue weighted by Gasteiger charge is -2.18. The Morgan fingerprint density at radius 2 is 1.93 bits per heavy atom. The van der Waals surface area contributed by atoms with Crippen LogP contribution in [0.2, 0.25) is 0 Å². The quantitative estimate of drug-likeness (QED) is 0.0385. The summed E-state index contributed by atoms with van der Waals surface area (Å²) in [6.07, 6.45) is 3.57. The predicted molar refractivity (Wildman–Crippen MR) is 167 cm³/mol. The highest BCUT2D eigenvalue weighted by molar-refractivity contribution is 7.33. The Labute approximate surface area is 266 Å². The smallest absolute Gasteiger partial charge is 0.396 e. The molecule has 0 bridgehead atoms. The number of aromatic nitrogens is 1. The molecule has 3 atom stereocenters. The number of unbranched alkanes of at least 4 members (excludes halogenated alkanes) is 1. The third-order valence-electron chi connectivity index (χ3n) is 7.70. The monoisotopic (exact) mass is 664 g/mol. The summed E-state index contributed by atoms with van der Waals surface area (Å²) in [5.74, 6) is -2.63. The van der Waals surface area contributed by atoms with Gasteiger partial charge in [-0.2, -0.15) is 0 Å². The highest BCUT2D eigenvalue weighted by Crippen LogP contribution is 2.34. The zero-order valence-corrected chi connectivity index (χ0v) is 26.6. The molecule has 8 N–H and O–H groups in total. The fourth-order valence-corrected chi connectivity index (χ4v) is 5.53. The molecule has 0 radical (unpaired) electrons. The number of carbonyl (C=O) groups excluding carboxylic acids is 4. The number of primary amides is 1. The number of hydrogen-bond donors (Lipinski definition) is 7. The lowest BCUT2D eigenvalue weighted by molar-refractivity contribution is -0.142. The van der Waals surface area contributed by atoms with E-state index in [0.29, 0.717) is 48.2 Å². The first-order chi connectivity index (χ1) is 21.9. The normalized spacial score (nSPS) is 14.8. The van der Waals surface area contributed by atoms with Gasteiger partial charge in [-0.05, 0) is 74.9 Å². The first kappa shape index (κ1) is 36.5. The van der Waals surface area contributed by atoms with E-state index >= 15 is 0 Å². The van der Waals surface area contributed by atoms with E-state index in [1.807, 2.05) is 13.8 Å². The average Bonchev–Trinajstić information content (AvgIpc) is 3.47. The number of aliphatic hydroxyl groups is 1. The average molecular weight is 665 g/mol. The number of halogens is 1. The summed E-state index contributed by atoms with van der Waals surface area (Å²) in [4.78, 5) is 52.9. The van der Waals surface area contributed by atoms with E-state index in [4.69, 9.17) is 15.5 Å². The van der Waals surface area contributed by atoms with Crippen molar-refractivity contribution in [2.24, 2.45) is 11.7 Å². The van der Waals surface area contributed by atoms with Crippen molar-refractivity contribution in [3.63, 3.8) is 0 Å². The summed E-state index contributed by atoms with van der Waals surface area (Å²) >= 11 is 0. The summed E-state index contributed by atoms with van der Waals surface area (Å²) < 4.78 is 33.2. The van der Waals surface area contributed by atoms with Crippen molar-refractivity contribution in [1.82, 2.24) is 15.6 Å². The fraction of sp³-hybridized carbons (Fsp3) is 0.467. The zero-order valence-electron chi connectivity index (χ0n) is 25.7. The van der Waals surface area contributed by atoms with E-state index in [1.54, 1.807) is 6.08 Å². The minimum atomic E-state index is -2.66. The first-order valence-corrected chi connectivity index (χ1v) is 15.9. The Balaban J connectivity index is 1.55. The van der Waals surface area contributed by atoms with Crippen molar-refractivity contribution < 1.29 is 47.7 Å². The minimum absolute atomic E-state index is 0.0198. The molecule has 250 valence electrons. The number of nitrogens with two attached hydrogens (primary N) is 1. The maximum Gasteiger partial charge on any atom is 0.728 e. The third kappa shape index (κ3) is 10.5. The summed E-state index contributed by atoms with van der Waals surface area (Å²) in [6.45, 7) is 3.66. The van der Waals surface area contributed by atoms with Gasteiger partial charge in [0.2, 0.25) is 17.7 Å². The van der Waals surface area contributed by atoms with E-state index in [2.05, 4.69) is 25.6 Å². The Bertz CT molecular complexity index is 1480. The summed E-state index contributed by atoms with van der Waals surface area (Å²) in [5, 5.41) is 25.9. The lowest BCUT2D eigenvalue weighted by atomic mass is 10.0. The van der Waals surface area contributed by atoms with Crippen LogP contribution in [0.5, 0.6) is 0 Å². The number of rotatable bonds is 19. The van der Waals surface area contributed by atoms with E-state index in [1.165, 1.54) is 18.2 Å². The van der Waals surface area contributed by atoms with Crippen LogP contribution in [0.4, 0.5) is 10.1 Å². The van der Waals surface area contributed by atoms with Crippen LogP contribution in [-0.4, -0.2) is 64.8 Å². The van der Waals surface area contributed by atoms with Crippen LogP contribution in [0.15, 0.2) is 18.2 Å². The van der Waals surface area contributed by atoms with Crippen molar-refractivity contribution in [2.45, 2.75) is 64.8 Å². The molecule has 14 nitrogen and oxygen atoms in total. The highest BCUT2D eigenvalue weighted by Gasteiger charge is 2.26. The molecule has 0 aliphatic carbocycles. The molecular weight excluding hydrogens is 624 g/mol. The van der Waals surface area contributed by atoms with E-state index < -0.39 is 37.8 Å². The van der Waals surface area contributed by atoms with Gasteiger partial charge in [0.25, 0.3) is 5.91 Å². The van der Waals surface area contributed by atoms with Crippen molar-refractivity contribution in [3.05, 3.63) is 52.1 Å². The van der Waals surface area contributed by atoms with Crippen LogP contribution in [-0.2, 0) is 39.4 Å². The summed E-state index contributed by atoms with van der Waals surface area (Å²) in [7, 11) is -2.66. The standard InChI is InChI=1S/C30H39FN5O9P/c1-17-21(18(2)34-26(17)14-23-22-13-20(31)6-8-24(22)36-29(23)40)7-11-28(39)35-25(9-10-27(32)38)30(41)33-12-4-3-5-19(15-37)16-44-46(43)45-42/h6,8,13-14,19,25,34,37H,3-5,7,9-12,15-16H2,1-2H3,(H5-,32,33,35,36,38,39,40,41,42)/p+1/b23-14-/t19?,25-/m1/s1. The molecular formula is C30H40FN5O9P+. The SMILES string of the molecule is Cc1[nH]c(/C=C2\C(=O)Nc3ccc(F)cc32)c(C)c1CCC(=O)N[C@H](CCC(N)=O)C(=O)NCCCCC(CO)CO[P+](=O)OO. The molecule has 2 aromatic rings. The van der Waals surface area contributed by atoms with Crippen LogP contribution in [0.25, 0.3) is 11.6 Å². The Kier molecular flexibility index (Phi) is 14.0. The second-order valence-corrected chi connectivity index (χ2v) is 11.9. The molecule has 2 heterocycles. The molecule has 0 saturated heterocycles. The minimum Gasteiger partial charge on any atom is -0.396 e. The van der Waals surface area contributed by atoms with Crippen molar-refractivity contribution in [2.75, 3.05) is 25.1 Å². The molecule has 4 amide bonds. The van der Waals surface area contributed by atoms with Gasteiger partial charge < -0.3 is 31.8 Å². The van der Waals surface area contributed by atoms with Crippen LogP contribution < -0.4 is 21.7 Å². The number of hydrogen-bond acceptors (Lipinski definition) is 9. The number of aromatic amines is 1. The Morgan fingerprint density at radius 3 is 2.63 bits per heavy atom. The van der Waals surface area contributed by atoms with E-state index in [9.17, 15) is 33.2 Å². The van der Waals surface area contributed by atoms with Crippen LogP contribution in [0.1, 0.15) is 66.6 Å². The Morgan fingerprint density at radius 1 is 1.17 bits per heavy atom. The van der Waals surface area contributed by atoms with Gasteiger partial charge in [0.05, 0.1) is 10.2 Å². The molecule has 2 unspecified atom stereocenters. The van der Waals surface area contributed by atoms with E-state index in [0.717, 1.165) is 16.8 Å². The maximum absolute atomic E-state index is 13.8. The number of aliphatic hydroxyl groups excluding tert-OH is 1. The number of carbonyl (C=O) groups is 4.